The summed E-state index contributed by atoms with van der Waals surface area (Å²) in [5.41, 5.74) is 2.39. The van der Waals surface area contributed by atoms with Gasteiger partial charge in [-0.05, 0) is 37.8 Å². The first-order valence-corrected chi connectivity index (χ1v) is 7.44. The topological polar surface area (TPSA) is 27.1 Å². The van der Waals surface area contributed by atoms with Crippen LogP contribution in [0.5, 0.6) is 0 Å². The molecule has 19 heavy (non-hydrogen) atoms. The van der Waals surface area contributed by atoms with Crippen molar-refractivity contribution in [1.29, 1.82) is 0 Å². The molecule has 0 saturated carbocycles. The standard InChI is InChI=1S/C16H22N2O/c1-2-6-16-17-14-8-3-4-9-15(14)18(16)11-10-13-7-5-12-19-13/h3-4,8-9,13H,2,5-7,10-12H2,1H3. The molecule has 2 heterocycles. The lowest BCUT2D eigenvalue weighted by Gasteiger charge is -2.12. The molecule has 1 aliphatic rings. The molecule has 3 heteroatoms. The van der Waals surface area contributed by atoms with Crippen LogP contribution in [0.3, 0.4) is 0 Å². The van der Waals surface area contributed by atoms with Gasteiger partial charge in [-0.2, -0.15) is 0 Å². The first kappa shape index (κ1) is 12.7. The van der Waals surface area contributed by atoms with E-state index in [1.54, 1.807) is 0 Å². The number of aromatic nitrogens is 2. The second-order valence-corrected chi connectivity index (χ2v) is 5.34. The van der Waals surface area contributed by atoms with Crippen molar-refractivity contribution in [3.8, 4) is 0 Å². The van der Waals surface area contributed by atoms with Gasteiger partial charge in [0.2, 0.25) is 0 Å². The van der Waals surface area contributed by atoms with E-state index in [0.29, 0.717) is 6.10 Å². The maximum absolute atomic E-state index is 5.73. The molecule has 3 nitrogen and oxygen atoms in total. The first-order valence-electron chi connectivity index (χ1n) is 7.44. The van der Waals surface area contributed by atoms with Gasteiger partial charge in [0.15, 0.2) is 0 Å². The highest BCUT2D eigenvalue weighted by Gasteiger charge is 2.17. The van der Waals surface area contributed by atoms with Gasteiger partial charge in [-0.15, -0.1) is 0 Å². The molecule has 0 bridgehead atoms. The van der Waals surface area contributed by atoms with E-state index in [0.717, 1.165) is 37.9 Å². The lowest BCUT2D eigenvalue weighted by Crippen LogP contribution is -2.12. The highest BCUT2D eigenvalue weighted by atomic mass is 16.5. The highest BCUT2D eigenvalue weighted by Crippen LogP contribution is 2.21. The molecule has 1 unspecified atom stereocenters. The molecule has 0 amide bonds. The summed E-state index contributed by atoms with van der Waals surface area (Å²) in [6.45, 7) is 4.18. The SMILES string of the molecule is CCCc1nc2ccccc2n1CCC1CCCO1. The van der Waals surface area contributed by atoms with Crippen LogP contribution in [0, 0.1) is 0 Å². The Kier molecular flexibility index (Phi) is 3.83. The number of nitrogens with zero attached hydrogens (tertiary/aromatic N) is 2. The number of ether oxygens (including phenoxy) is 1. The Morgan fingerprint density at radius 1 is 1.37 bits per heavy atom. The van der Waals surface area contributed by atoms with Crippen LogP contribution in [0.1, 0.15) is 38.4 Å². The largest absolute Gasteiger partial charge is 0.378 e. The lowest BCUT2D eigenvalue weighted by molar-refractivity contribution is 0.100. The van der Waals surface area contributed by atoms with Gasteiger partial charge in [0.1, 0.15) is 5.82 Å². The van der Waals surface area contributed by atoms with Crippen LogP contribution in [0.4, 0.5) is 0 Å². The van der Waals surface area contributed by atoms with Crippen molar-refractivity contribution in [2.45, 2.75) is 51.7 Å². The van der Waals surface area contributed by atoms with Crippen molar-refractivity contribution in [3.05, 3.63) is 30.1 Å². The predicted molar refractivity (Wildman–Crippen MR) is 77.3 cm³/mol. The van der Waals surface area contributed by atoms with Crippen molar-refractivity contribution in [3.63, 3.8) is 0 Å². The van der Waals surface area contributed by atoms with Crippen molar-refractivity contribution in [2.24, 2.45) is 0 Å². The molecule has 1 fully saturated rings. The average molecular weight is 258 g/mol. The second kappa shape index (κ2) is 5.74. The monoisotopic (exact) mass is 258 g/mol. The fourth-order valence-electron chi connectivity index (χ4n) is 2.93. The minimum atomic E-state index is 0.454. The van der Waals surface area contributed by atoms with E-state index in [-0.39, 0.29) is 0 Å². The number of benzene rings is 1. The molecule has 1 saturated heterocycles. The van der Waals surface area contributed by atoms with E-state index >= 15 is 0 Å². The maximum Gasteiger partial charge on any atom is 0.109 e. The maximum atomic E-state index is 5.73. The Labute approximate surface area is 114 Å². The third-order valence-corrected chi connectivity index (χ3v) is 3.91. The highest BCUT2D eigenvalue weighted by molar-refractivity contribution is 5.75. The van der Waals surface area contributed by atoms with Gasteiger partial charge >= 0.3 is 0 Å². The molecular formula is C16H22N2O. The van der Waals surface area contributed by atoms with Crippen LogP contribution in [-0.2, 0) is 17.7 Å². The number of para-hydroxylation sites is 2. The third kappa shape index (κ3) is 2.66. The average Bonchev–Trinajstić information content (AvgIpc) is 3.04. The molecule has 1 aromatic carbocycles. The van der Waals surface area contributed by atoms with Gasteiger partial charge in [0, 0.05) is 19.6 Å². The van der Waals surface area contributed by atoms with E-state index in [4.69, 9.17) is 9.72 Å². The van der Waals surface area contributed by atoms with Crippen molar-refractivity contribution < 1.29 is 4.74 Å². The fourth-order valence-corrected chi connectivity index (χ4v) is 2.93. The molecule has 0 radical (unpaired) electrons. The van der Waals surface area contributed by atoms with Crippen LogP contribution >= 0.6 is 0 Å². The number of imidazole rings is 1. The van der Waals surface area contributed by atoms with Crippen LogP contribution in [0.2, 0.25) is 0 Å². The Balaban J connectivity index is 1.84. The lowest BCUT2D eigenvalue weighted by atomic mass is 10.2. The molecule has 102 valence electrons. The van der Waals surface area contributed by atoms with E-state index in [9.17, 15) is 0 Å². The number of hydrogen-bond donors (Lipinski definition) is 0. The number of aryl methyl sites for hydroxylation is 2. The molecule has 0 aliphatic carbocycles. The smallest absolute Gasteiger partial charge is 0.109 e. The molecule has 1 atom stereocenters. The van der Waals surface area contributed by atoms with Gasteiger partial charge in [-0.3, -0.25) is 0 Å². The molecule has 1 aliphatic heterocycles. The van der Waals surface area contributed by atoms with Crippen molar-refractivity contribution in [1.82, 2.24) is 9.55 Å². The van der Waals surface area contributed by atoms with Gasteiger partial charge in [0.05, 0.1) is 17.1 Å². The third-order valence-electron chi connectivity index (χ3n) is 3.91. The Hall–Kier alpha value is -1.35. The minimum Gasteiger partial charge on any atom is -0.378 e. The Morgan fingerprint density at radius 2 is 2.26 bits per heavy atom. The molecule has 0 N–H and O–H groups in total. The summed E-state index contributed by atoms with van der Waals surface area (Å²) >= 11 is 0. The molecule has 3 rings (SSSR count). The zero-order valence-electron chi connectivity index (χ0n) is 11.6. The van der Waals surface area contributed by atoms with Crippen molar-refractivity contribution in [2.75, 3.05) is 6.61 Å². The van der Waals surface area contributed by atoms with Gasteiger partial charge < -0.3 is 9.30 Å². The first-order chi connectivity index (χ1) is 9.38. The second-order valence-electron chi connectivity index (χ2n) is 5.34. The van der Waals surface area contributed by atoms with Gasteiger partial charge in [-0.25, -0.2) is 4.98 Å². The van der Waals surface area contributed by atoms with Crippen LogP contribution in [0.25, 0.3) is 11.0 Å². The Bertz CT molecular complexity index is 541. The van der Waals surface area contributed by atoms with E-state index < -0.39 is 0 Å². The summed E-state index contributed by atoms with van der Waals surface area (Å²) < 4.78 is 8.12. The number of fused-ring (bicyclic) bond motifs is 1. The number of rotatable bonds is 5. The summed E-state index contributed by atoms with van der Waals surface area (Å²) in [6.07, 6.45) is 6.20. The minimum absolute atomic E-state index is 0.454. The summed E-state index contributed by atoms with van der Waals surface area (Å²) in [5.74, 6) is 1.22. The summed E-state index contributed by atoms with van der Waals surface area (Å²) in [5, 5.41) is 0. The summed E-state index contributed by atoms with van der Waals surface area (Å²) in [4.78, 5) is 4.77. The fraction of sp³-hybridized carbons (Fsp3) is 0.562. The van der Waals surface area contributed by atoms with E-state index in [1.807, 2.05) is 0 Å². The molecule has 1 aromatic heterocycles. The molecular weight excluding hydrogens is 236 g/mol. The molecule has 0 spiro atoms. The number of hydrogen-bond acceptors (Lipinski definition) is 2. The quantitative estimate of drug-likeness (QED) is 0.820. The van der Waals surface area contributed by atoms with Crippen LogP contribution in [-0.4, -0.2) is 22.3 Å². The Morgan fingerprint density at radius 3 is 3.05 bits per heavy atom. The van der Waals surface area contributed by atoms with Crippen LogP contribution in [0.15, 0.2) is 24.3 Å². The van der Waals surface area contributed by atoms with Crippen molar-refractivity contribution >= 4 is 11.0 Å². The zero-order valence-corrected chi connectivity index (χ0v) is 11.6. The molecule has 2 aromatic rings. The summed E-state index contributed by atoms with van der Waals surface area (Å²) in [7, 11) is 0. The zero-order chi connectivity index (χ0) is 13.1. The normalized spacial score (nSPS) is 19.3. The van der Waals surface area contributed by atoms with E-state index in [1.165, 1.54) is 24.2 Å². The van der Waals surface area contributed by atoms with Gasteiger partial charge in [-0.1, -0.05) is 19.1 Å². The predicted octanol–water partition coefficient (Wildman–Crippen LogP) is 3.56. The van der Waals surface area contributed by atoms with Gasteiger partial charge in [0.25, 0.3) is 0 Å². The van der Waals surface area contributed by atoms with E-state index in [2.05, 4.69) is 35.8 Å². The van der Waals surface area contributed by atoms with Crippen LogP contribution < -0.4 is 0 Å². The summed E-state index contributed by atoms with van der Waals surface area (Å²) in [6, 6.07) is 8.45.